The first-order valence-corrected chi connectivity index (χ1v) is 8.37. The maximum Gasteiger partial charge on any atom is 0.260 e. The van der Waals surface area contributed by atoms with Gasteiger partial charge >= 0.3 is 0 Å². The highest BCUT2D eigenvalue weighted by Crippen LogP contribution is 2.21. The summed E-state index contributed by atoms with van der Waals surface area (Å²) in [6, 6.07) is 10.0. The molecule has 2 heterocycles. The zero-order valence-corrected chi connectivity index (χ0v) is 13.4. The van der Waals surface area contributed by atoms with Gasteiger partial charge in [0.15, 0.2) is 6.61 Å². The molecule has 1 aromatic rings. The maximum absolute atomic E-state index is 12.4. The van der Waals surface area contributed by atoms with Gasteiger partial charge in [0.2, 0.25) is 0 Å². The van der Waals surface area contributed by atoms with Crippen molar-refractivity contribution in [1.82, 2.24) is 9.80 Å². The van der Waals surface area contributed by atoms with Crippen molar-refractivity contribution < 1.29 is 9.53 Å². The highest BCUT2D eigenvalue weighted by atomic mass is 16.5. The molecule has 0 saturated carbocycles. The van der Waals surface area contributed by atoms with Gasteiger partial charge in [-0.1, -0.05) is 18.6 Å². The zero-order valence-electron chi connectivity index (χ0n) is 13.4. The summed E-state index contributed by atoms with van der Waals surface area (Å²) in [6.45, 7) is 3.89. The Balaban J connectivity index is 1.48. The molecular formula is C18H23N3O2. The van der Waals surface area contributed by atoms with E-state index in [0.717, 1.165) is 25.2 Å². The van der Waals surface area contributed by atoms with Crippen LogP contribution in [0.3, 0.4) is 0 Å². The quantitative estimate of drug-likeness (QED) is 0.851. The molecule has 122 valence electrons. The Morgan fingerprint density at radius 2 is 2.04 bits per heavy atom. The van der Waals surface area contributed by atoms with Gasteiger partial charge in [-0.25, -0.2) is 0 Å². The standard InChI is InChI=1S/C18H23N3O2/c19-9-8-15-4-6-17(7-5-15)23-14-18(22)21-12-11-20-10-2-1-3-16(20)13-21/h4-7,16H,1-3,8,10-14H2/t16-/m0/s1. The molecular weight excluding hydrogens is 290 g/mol. The van der Waals surface area contributed by atoms with Crippen molar-refractivity contribution in [3.8, 4) is 11.8 Å². The third-order valence-electron chi connectivity index (χ3n) is 4.76. The monoisotopic (exact) mass is 313 g/mol. The van der Waals surface area contributed by atoms with Crippen LogP contribution >= 0.6 is 0 Å². The third-order valence-corrected chi connectivity index (χ3v) is 4.76. The van der Waals surface area contributed by atoms with Crippen LogP contribution in [0.2, 0.25) is 0 Å². The number of rotatable bonds is 4. The Bertz CT molecular complexity index is 579. The number of ether oxygens (including phenoxy) is 1. The van der Waals surface area contributed by atoms with E-state index in [4.69, 9.17) is 10.00 Å². The van der Waals surface area contributed by atoms with Gasteiger partial charge in [-0.2, -0.15) is 5.26 Å². The van der Waals surface area contributed by atoms with Crippen molar-refractivity contribution >= 4 is 5.91 Å². The maximum atomic E-state index is 12.4. The van der Waals surface area contributed by atoms with E-state index < -0.39 is 0 Å². The lowest BCUT2D eigenvalue weighted by Gasteiger charge is -2.43. The smallest absolute Gasteiger partial charge is 0.260 e. The molecule has 0 aromatic heterocycles. The van der Waals surface area contributed by atoms with Crippen molar-refractivity contribution in [3.05, 3.63) is 29.8 Å². The van der Waals surface area contributed by atoms with Crippen LogP contribution in [0.5, 0.6) is 5.75 Å². The van der Waals surface area contributed by atoms with Gasteiger partial charge in [0.1, 0.15) is 5.75 Å². The number of nitriles is 1. The molecule has 2 fully saturated rings. The Morgan fingerprint density at radius 1 is 1.22 bits per heavy atom. The second-order valence-corrected chi connectivity index (χ2v) is 6.29. The molecule has 23 heavy (non-hydrogen) atoms. The number of carbonyl (C=O) groups excluding carboxylic acids is 1. The molecule has 0 bridgehead atoms. The summed E-state index contributed by atoms with van der Waals surface area (Å²) in [5, 5.41) is 8.66. The number of hydrogen-bond donors (Lipinski definition) is 0. The normalized spacial score (nSPS) is 21.3. The van der Waals surface area contributed by atoms with Gasteiger partial charge in [-0.15, -0.1) is 0 Å². The van der Waals surface area contributed by atoms with Crippen molar-refractivity contribution in [3.63, 3.8) is 0 Å². The van der Waals surface area contributed by atoms with E-state index in [0.29, 0.717) is 18.2 Å². The van der Waals surface area contributed by atoms with Crippen molar-refractivity contribution in [2.45, 2.75) is 31.7 Å². The summed E-state index contributed by atoms with van der Waals surface area (Å²) >= 11 is 0. The van der Waals surface area contributed by atoms with E-state index in [1.807, 2.05) is 29.2 Å². The predicted molar refractivity (Wildman–Crippen MR) is 87.0 cm³/mol. The Hall–Kier alpha value is -2.06. The second-order valence-electron chi connectivity index (χ2n) is 6.29. The summed E-state index contributed by atoms with van der Waals surface area (Å²) < 4.78 is 5.60. The number of piperazine rings is 1. The molecule has 0 spiro atoms. The SMILES string of the molecule is N#CCc1ccc(OCC(=O)N2CCN3CCCC[C@H]3C2)cc1. The minimum Gasteiger partial charge on any atom is -0.484 e. The van der Waals surface area contributed by atoms with Gasteiger partial charge in [0.05, 0.1) is 12.5 Å². The minimum atomic E-state index is 0.0660. The molecule has 1 aromatic carbocycles. The molecule has 5 nitrogen and oxygen atoms in total. The molecule has 3 rings (SSSR count). The highest BCUT2D eigenvalue weighted by Gasteiger charge is 2.30. The molecule has 2 aliphatic heterocycles. The summed E-state index contributed by atoms with van der Waals surface area (Å²) in [5.74, 6) is 0.743. The van der Waals surface area contributed by atoms with E-state index in [1.54, 1.807) is 0 Å². The second kappa shape index (κ2) is 7.47. The van der Waals surface area contributed by atoms with Crippen LogP contribution in [-0.4, -0.2) is 54.5 Å². The topological polar surface area (TPSA) is 56.6 Å². The zero-order chi connectivity index (χ0) is 16.1. The third kappa shape index (κ3) is 4.02. The van der Waals surface area contributed by atoms with E-state index >= 15 is 0 Å². The molecule has 0 aliphatic carbocycles. The lowest BCUT2D eigenvalue weighted by Crippen LogP contribution is -2.56. The summed E-state index contributed by atoms with van der Waals surface area (Å²) in [5.41, 5.74) is 0.958. The molecule has 5 heteroatoms. The Kier molecular flexibility index (Phi) is 5.14. The lowest BCUT2D eigenvalue weighted by molar-refractivity contribution is -0.136. The Morgan fingerprint density at radius 3 is 2.83 bits per heavy atom. The fourth-order valence-corrected chi connectivity index (χ4v) is 3.41. The summed E-state index contributed by atoms with van der Waals surface area (Å²) in [4.78, 5) is 16.8. The first-order chi connectivity index (χ1) is 11.3. The number of nitrogens with zero attached hydrogens (tertiary/aromatic N) is 3. The fourth-order valence-electron chi connectivity index (χ4n) is 3.41. The van der Waals surface area contributed by atoms with Gasteiger partial charge in [-0.05, 0) is 37.1 Å². The predicted octanol–water partition coefficient (Wildman–Crippen LogP) is 1.83. The van der Waals surface area contributed by atoms with Crippen molar-refractivity contribution in [2.75, 3.05) is 32.8 Å². The molecule has 2 aliphatic rings. The number of piperidine rings is 1. The minimum absolute atomic E-state index is 0.0660. The van der Waals surface area contributed by atoms with Crippen LogP contribution < -0.4 is 4.74 Å². The molecule has 0 unspecified atom stereocenters. The summed E-state index contributed by atoms with van der Waals surface area (Å²) in [7, 11) is 0. The van der Waals surface area contributed by atoms with Crippen LogP contribution in [0.1, 0.15) is 24.8 Å². The van der Waals surface area contributed by atoms with Crippen LogP contribution in [0.25, 0.3) is 0 Å². The number of fused-ring (bicyclic) bond motifs is 1. The van der Waals surface area contributed by atoms with Crippen molar-refractivity contribution in [2.24, 2.45) is 0 Å². The van der Waals surface area contributed by atoms with Crippen LogP contribution in [-0.2, 0) is 11.2 Å². The first-order valence-electron chi connectivity index (χ1n) is 8.37. The Labute approximate surface area is 137 Å². The molecule has 0 radical (unpaired) electrons. The highest BCUT2D eigenvalue weighted by molar-refractivity contribution is 5.78. The number of amides is 1. The van der Waals surface area contributed by atoms with Gasteiger partial charge in [-0.3, -0.25) is 9.69 Å². The lowest BCUT2D eigenvalue weighted by atomic mass is 9.99. The molecule has 1 atom stereocenters. The molecule has 0 N–H and O–H groups in total. The largest absolute Gasteiger partial charge is 0.484 e. The first kappa shape index (κ1) is 15.8. The van der Waals surface area contributed by atoms with Crippen molar-refractivity contribution in [1.29, 1.82) is 5.26 Å². The van der Waals surface area contributed by atoms with Crippen LogP contribution in [0, 0.1) is 11.3 Å². The number of hydrogen-bond acceptors (Lipinski definition) is 4. The van der Waals surface area contributed by atoms with E-state index in [-0.39, 0.29) is 12.5 Å². The average Bonchev–Trinajstić information content (AvgIpc) is 2.60. The fraction of sp³-hybridized carbons (Fsp3) is 0.556. The molecule has 1 amide bonds. The van der Waals surface area contributed by atoms with E-state index in [9.17, 15) is 4.79 Å². The average molecular weight is 313 g/mol. The number of benzene rings is 1. The van der Waals surface area contributed by atoms with Gasteiger partial charge in [0, 0.05) is 25.7 Å². The molecule has 2 saturated heterocycles. The van der Waals surface area contributed by atoms with E-state index in [2.05, 4.69) is 11.0 Å². The summed E-state index contributed by atoms with van der Waals surface area (Å²) in [6.07, 6.45) is 4.15. The van der Waals surface area contributed by atoms with Gasteiger partial charge < -0.3 is 9.64 Å². The van der Waals surface area contributed by atoms with E-state index in [1.165, 1.54) is 25.8 Å². The van der Waals surface area contributed by atoms with Gasteiger partial charge in [0.25, 0.3) is 5.91 Å². The van der Waals surface area contributed by atoms with Crippen LogP contribution in [0.15, 0.2) is 24.3 Å². The van der Waals surface area contributed by atoms with Crippen LogP contribution in [0.4, 0.5) is 0 Å². The number of carbonyl (C=O) groups is 1.